The highest BCUT2D eigenvalue weighted by molar-refractivity contribution is 7.13. The lowest BCUT2D eigenvalue weighted by molar-refractivity contribution is 0.350. The lowest BCUT2D eigenvalue weighted by Crippen LogP contribution is -2.14. The largest absolute Gasteiger partial charge is 0.384 e. The van der Waals surface area contributed by atoms with Crippen LogP contribution >= 0.6 is 11.3 Å². The van der Waals surface area contributed by atoms with E-state index >= 15 is 0 Å². The van der Waals surface area contributed by atoms with Gasteiger partial charge in [0.15, 0.2) is 0 Å². The van der Waals surface area contributed by atoms with Crippen LogP contribution in [0.4, 0.5) is 0 Å². The summed E-state index contributed by atoms with van der Waals surface area (Å²) in [7, 11) is 1.93. The number of rotatable bonds is 4. The van der Waals surface area contributed by atoms with Crippen LogP contribution in [0.1, 0.15) is 30.6 Å². The number of hydrogen-bond donors (Lipinski definition) is 1. The van der Waals surface area contributed by atoms with Crippen molar-refractivity contribution in [1.82, 2.24) is 24.8 Å². The fourth-order valence-corrected chi connectivity index (χ4v) is 3.25. The maximum absolute atomic E-state index is 8.75. The number of thiophene rings is 1. The molecule has 0 bridgehead atoms. The predicted octanol–water partition coefficient (Wildman–Crippen LogP) is 2.08. The van der Waals surface area contributed by atoms with E-state index in [0.717, 1.165) is 28.2 Å². The second-order valence-electron chi connectivity index (χ2n) is 5.05. The Morgan fingerprint density at radius 3 is 3.00 bits per heavy atom. The fourth-order valence-electron chi connectivity index (χ4n) is 2.46. The molecule has 7 heteroatoms. The van der Waals surface area contributed by atoms with Gasteiger partial charge >= 0.3 is 0 Å². The Balaban J connectivity index is 1.88. The molecule has 1 N–H and O–H groups in total. The highest BCUT2D eigenvalue weighted by Gasteiger charge is 2.17. The minimum atomic E-state index is -0.135. The van der Waals surface area contributed by atoms with Crippen LogP contribution in [0.5, 0.6) is 0 Å². The van der Waals surface area contributed by atoms with Crippen molar-refractivity contribution in [2.45, 2.75) is 19.4 Å². The van der Waals surface area contributed by atoms with Crippen molar-refractivity contribution in [1.29, 1.82) is 0 Å². The summed E-state index contributed by atoms with van der Waals surface area (Å²) in [5.41, 5.74) is 2.81. The number of aliphatic hydroxyl groups excluding tert-OH is 1. The topological polar surface area (TPSA) is 68.8 Å². The summed E-state index contributed by atoms with van der Waals surface area (Å²) in [6.45, 7) is 1.98. The molecule has 3 aromatic heterocycles. The van der Waals surface area contributed by atoms with Gasteiger partial charge in [-0.1, -0.05) is 24.0 Å². The van der Waals surface area contributed by atoms with Crippen molar-refractivity contribution in [2.24, 2.45) is 7.05 Å². The molecule has 0 amide bonds. The first-order valence-corrected chi connectivity index (χ1v) is 8.19. The van der Waals surface area contributed by atoms with Crippen LogP contribution in [-0.4, -0.2) is 36.5 Å². The Morgan fingerprint density at radius 1 is 1.43 bits per heavy atom. The Hall–Kier alpha value is -2.43. The molecule has 0 radical (unpaired) electrons. The van der Waals surface area contributed by atoms with E-state index in [2.05, 4.69) is 34.2 Å². The van der Waals surface area contributed by atoms with E-state index in [1.807, 2.05) is 40.1 Å². The third-order valence-corrected chi connectivity index (χ3v) is 4.53. The van der Waals surface area contributed by atoms with Gasteiger partial charge < -0.3 is 5.11 Å². The van der Waals surface area contributed by atoms with Crippen LogP contribution in [-0.2, 0) is 7.05 Å². The summed E-state index contributed by atoms with van der Waals surface area (Å²) in [5, 5.41) is 23.5. The zero-order valence-electron chi connectivity index (χ0n) is 13.0. The second-order valence-corrected chi connectivity index (χ2v) is 5.96. The van der Waals surface area contributed by atoms with E-state index < -0.39 is 0 Å². The second kappa shape index (κ2) is 6.77. The summed E-state index contributed by atoms with van der Waals surface area (Å²) in [5.74, 6) is 5.55. The first-order chi connectivity index (χ1) is 11.2. The van der Waals surface area contributed by atoms with Crippen LogP contribution in [0.2, 0.25) is 0 Å². The van der Waals surface area contributed by atoms with Gasteiger partial charge in [0, 0.05) is 24.2 Å². The lowest BCUT2D eigenvalue weighted by atomic mass is 10.1. The van der Waals surface area contributed by atoms with Crippen LogP contribution in [0.3, 0.4) is 0 Å². The van der Waals surface area contributed by atoms with Crippen LogP contribution in [0, 0.1) is 11.8 Å². The van der Waals surface area contributed by atoms with Crippen molar-refractivity contribution in [3.05, 3.63) is 41.2 Å². The Kier molecular flexibility index (Phi) is 4.55. The highest BCUT2D eigenvalue weighted by Crippen LogP contribution is 2.27. The molecule has 23 heavy (non-hydrogen) atoms. The van der Waals surface area contributed by atoms with Gasteiger partial charge in [0.05, 0.1) is 22.8 Å². The van der Waals surface area contributed by atoms with Crippen LogP contribution < -0.4 is 0 Å². The van der Waals surface area contributed by atoms with E-state index in [1.165, 1.54) is 0 Å². The van der Waals surface area contributed by atoms with Crippen molar-refractivity contribution in [3.63, 3.8) is 0 Å². The Labute approximate surface area is 138 Å². The summed E-state index contributed by atoms with van der Waals surface area (Å²) in [4.78, 5) is 1.01. The quantitative estimate of drug-likeness (QED) is 0.745. The summed E-state index contributed by atoms with van der Waals surface area (Å²) >= 11 is 1.57. The van der Waals surface area contributed by atoms with Gasteiger partial charge in [-0.15, -0.1) is 16.4 Å². The van der Waals surface area contributed by atoms with Crippen LogP contribution in [0.25, 0.3) is 10.6 Å². The summed E-state index contributed by atoms with van der Waals surface area (Å²) in [6, 6.07) is 4.08. The van der Waals surface area contributed by atoms with Gasteiger partial charge in [0.1, 0.15) is 12.3 Å². The zero-order valence-corrected chi connectivity index (χ0v) is 13.8. The van der Waals surface area contributed by atoms with Gasteiger partial charge in [-0.25, -0.2) is 4.68 Å². The van der Waals surface area contributed by atoms with E-state index in [9.17, 15) is 0 Å². The average molecular weight is 327 g/mol. The molecule has 1 unspecified atom stereocenters. The van der Waals surface area contributed by atoms with E-state index in [-0.39, 0.29) is 12.6 Å². The molecule has 0 saturated heterocycles. The van der Waals surface area contributed by atoms with Gasteiger partial charge in [-0.2, -0.15) is 5.10 Å². The van der Waals surface area contributed by atoms with Gasteiger partial charge in [0.2, 0.25) is 0 Å². The maximum Gasteiger partial charge on any atom is 0.123 e. The first-order valence-electron chi connectivity index (χ1n) is 7.31. The number of hydrogen-bond acceptors (Lipinski definition) is 5. The zero-order chi connectivity index (χ0) is 16.2. The average Bonchev–Trinajstić information content (AvgIpc) is 3.27. The molecule has 1 atom stereocenters. The van der Waals surface area contributed by atoms with Gasteiger partial charge in [-0.3, -0.25) is 4.68 Å². The van der Waals surface area contributed by atoms with Crippen molar-refractivity contribution in [3.8, 4) is 22.4 Å². The van der Waals surface area contributed by atoms with E-state index in [1.54, 1.807) is 17.5 Å². The molecule has 0 aliphatic heterocycles. The molecule has 3 rings (SSSR count). The number of aryl methyl sites for hydroxylation is 1. The molecule has 0 aromatic carbocycles. The van der Waals surface area contributed by atoms with Crippen molar-refractivity contribution < 1.29 is 5.11 Å². The first kappa shape index (κ1) is 15.5. The Morgan fingerprint density at radius 2 is 2.30 bits per heavy atom. The third-order valence-electron chi connectivity index (χ3n) is 3.58. The smallest absolute Gasteiger partial charge is 0.123 e. The molecule has 0 saturated carbocycles. The number of nitrogens with zero attached hydrogens (tertiary/aromatic N) is 5. The molecule has 3 heterocycles. The number of aromatic nitrogens is 5. The molecular weight excluding hydrogens is 310 g/mol. The molecule has 6 nitrogen and oxygen atoms in total. The SMILES string of the molecule is CCC(c1ccnn1C)n1cc(-c2cc(C#CCO)cs2)nn1. The minimum absolute atomic E-state index is 0.109. The summed E-state index contributed by atoms with van der Waals surface area (Å²) < 4.78 is 3.74. The van der Waals surface area contributed by atoms with Gasteiger partial charge in [-0.05, 0) is 18.6 Å². The minimum Gasteiger partial charge on any atom is -0.384 e. The molecule has 0 fully saturated rings. The summed E-state index contributed by atoms with van der Waals surface area (Å²) in [6.07, 6.45) is 4.65. The van der Waals surface area contributed by atoms with E-state index in [0.29, 0.717) is 0 Å². The normalized spacial score (nSPS) is 12.0. The molecule has 0 aliphatic carbocycles. The van der Waals surface area contributed by atoms with Crippen LogP contribution in [0.15, 0.2) is 29.9 Å². The van der Waals surface area contributed by atoms with E-state index in [4.69, 9.17) is 5.11 Å². The fraction of sp³-hybridized carbons (Fsp3) is 0.312. The number of aliphatic hydroxyl groups is 1. The standard InChI is InChI=1S/C16H17N5OS/c1-3-14(15-6-7-17-20(15)2)21-10-13(18-19-21)16-9-12(11-23-16)5-4-8-22/h6-7,9-11,14,22H,3,8H2,1-2H3. The Bertz CT molecular complexity index is 851. The molecule has 0 aliphatic rings. The lowest BCUT2D eigenvalue weighted by Gasteiger charge is -2.14. The molecule has 118 valence electrons. The molecular formula is C16H17N5OS. The molecule has 0 spiro atoms. The monoisotopic (exact) mass is 327 g/mol. The van der Waals surface area contributed by atoms with Gasteiger partial charge in [0.25, 0.3) is 0 Å². The van der Waals surface area contributed by atoms with Crippen molar-refractivity contribution >= 4 is 11.3 Å². The molecule has 3 aromatic rings. The highest BCUT2D eigenvalue weighted by atomic mass is 32.1. The maximum atomic E-state index is 8.75. The predicted molar refractivity (Wildman–Crippen MR) is 88.9 cm³/mol. The third kappa shape index (κ3) is 3.18. The van der Waals surface area contributed by atoms with Crippen molar-refractivity contribution in [2.75, 3.05) is 6.61 Å².